The number of hydrogen-bond donors (Lipinski definition) is 1. The summed E-state index contributed by atoms with van der Waals surface area (Å²) in [5, 5.41) is 3.52. The molecule has 0 saturated carbocycles. The predicted molar refractivity (Wildman–Crippen MR) is 99.3 cm³/mol. The number of fused-ring (bicyclic) bond motifs is 1. The fraction of sp³-hybridized carbons (Fsp3) is 0.375. The molecule has 0 saturated heterocycles. The van der Waals surface area contributed by atoms with Crippen LogP contribution in [0.5, 0.6) is 0 Å². The van der Waals surface area contributed by atoms with Crippen molar-refractivity contribution < 1.29 is 14.3 Å². The van der Waals surface area contributed by atoms with Gasteiger partial charge in [0.1, 0.15) is 11.4 Å². The molecule has 0 aliphatic heterocycles. The van der Waals surface area contributed by atoms with Crippen molar-refractivity contribution in [3.63, 3.8) is 0 Å². The fourth-order valence-electron chi connectivity index (χ4n) is 2.13. The summed E-state index contributed by atoms with van der Waals surface area (Å²) in [7, 11) is 1.25. The highest BCUT2D eigenvalue weighted by Gasteiger charge is 2.17. The van der Waals surface area contributed by atoms with Crippen LogP contribution in [0, 0.1) is 13.8 Å². The van der Waals surface area contributed by atoms with Gasteiger partial charge in [-0.25, -0.2) is 4.98 Å². The normalized spacial score (nSPS) is 10.7. The zero-order chi connectivity index (χ0) is 18.6. The number of nitrogens with one attached hydrogen (secondary N) is 1. The number of carbonyl (C=O) groups is 2. The Morgan fingerprint density at radius 3 is 2.80 bits per heavy atom. The SMILES string of the molecule is C=CCn1c(SCC(=O)NCC(=O)OC)nc2sc(C)c(C)c2c1=O. The van der Waals surface area contributed by atoms with Gasteiger partial charge >= 0.3 is 5.97 Å². The number of allylic oxidation sites excluding steroid dienone is 1. The van der Waals surface area contributed by atoms with Crippen molar-refractivity contribution >= 4 is 45.2 Å². The number of nitrogens with zero attached hydrogens (tertiary/aromatic N) is 2. The molecule has 0 fully saturated rings. The lowest BCUT2D eigenvalue weighted by Crippen LogP contribution is -2.31. The number of ether oxygens (including phenoxy) is 1. The summed E-state index contributed by atoms with van der Waals surface area (Å²) in [6.45, 7) is 7.65. The van der Waals surface area contributed by atoms with Crippen molar-refractivity contribution in [2.75, 3.05) is 19.4 Å². The molecular weight excluding hydrogens is 362 g/mol. The molecule has 0 aliphatic rings. The van der Waals surface area contributed by atoms with E-state index in [0.717, 1.165) is 22.2 Å². The van der Waals surface area contributed by atoms with Crippen molar-refractivity contribution in [2.45, 2.75) is 25.5 Å². The summed E-state index contributed by atoms with van der Waals surface area (Å²) in [6.07, 6.45) is 1.62. The maximum absolute atomic E-state index is 12.8. The first-order valence-corrected chi connectivity index (χ1v) is 9.27. The van der Waals surface area contributed by atoms with Gasteiger partial charge in [0.05, 0.1) is 18.2 Å². The number of aromatic nitrogens is 2. The largest absolute Gasteiger partial charge is 0.468 e. The number of thiophene rings is 1. The van der Waals surface area contributed by atoms with Gasteiger partial charge in [-0.05, 0) is 19.4 Å². The fourth-order valence-corrected chi connectivity index (χ4v) is 4.04. The lowest BCUT2D eigenvalue weighted by molar-refractivity contribution is -0.140. The van der Waals surface area contributed by atoms with Gasteiger partial charge in [0.15, 0.2) is 5.16 Å². The molecule has 9 heteroatoms. The van der Waals surface area contributed by atoms with E-state index in [4.69, 9.17) is 0 Å². The minimum atomic E-state index is -0.522. The molecule has 134 valence electrons. The van der Waals surface area contributed by atoms with E-state index in [1.54, 1.807) is 6.08 Å². The summed E-state index contributed by atoms with van der Waals surface area (Å²) in [5.74, 6) is -0.825. The molecule has 25 heavy (non-hydrogen) atoms. The third-order valence-electron chi connectivity index (χ3n) is 3.56. The molecule has 7 nitrogen and oxygen atoms in total. The molecule has 0 atom stereocenters. The molecule has 0 spiro atoms. The van der Waals surface area contributed by atoms with Gasteiger partial charge in [-0.2, -0.15) is 0 Å². The molecule has 1 amide bonds. The zero-order valence-corrected chi connectivity index (χ0v) is 15.9. The molecule has 0 unspecified atom stereocenters. The average Bonchev–Trinajstić information content (AvgIpc) is 2.88. The van der Waals surface area contributed by atoms with Crippen molar-refractivity contribution in [2.24, 2.45) is 0 Å². The molecule has 0 aliphatic carbocycles. The average molecular weight is 381 g/mol. The van der Waals surface area contributed by atoms with Crippen LogP contribution in [0.25, 0.3) is 10.2 Å². The zero-order valence-electron chi connectivity index (χ0n) is 14.2. The maximum Gasteiger partial charge on any atom is 0.325 e. The molecule has 2 aromatic rings. The van der Waals surface area contributed by atoms with E-state index in [2.05, 4.69) is 21.6 Å². The second-order valence-electron chi connectivity index (χ2n) is 5.20. The van der Waals surface area contributed by atoms with Crippen LogP contribution in [0.1, 0.15) is 10.4 Å². The topological polar surface area (TPSA) is 90.3 Å². The Kier molecular flexibility index (Phi) is 6.38. The van der Waals surface area contributed by atoms with Gasteiger partial charge < -0.3 is 10.1 Å². The van der Waals surface area contributed by atoms with E-state index in [1.807, 2.05) is 13.8 Å². The first kappa shape index (κ1) is 19.2. The molecule has 0 aromatic carbocycles. The highest BCUT2D eigenvalue weighted by Crippen LogP contribution is 2.28. The molecular formula is C16H19N3O4S2. The third-order valence-corrected chi connectivity index (χ3v) is 5.63. The molecule has 2 aromatic heterocycles. The van der Waals surface area contributed by atoms with Crippen LogP contribution in [0.4, 0.5) is 0 Å². The van der Waals surface area contributed by atoms with Crippen molar-refractivity contribution in [3.8, 4) is 0 Å². The summed E-state index contributed by atoms with van der Waals surface area (Å²) in [4.78, 5) is 41.9. The first-order chi connectivity index (χ1) is 11.9. The van der Waals surface area contributed by atoms with E-state index in [9.17, 15) is 14.4 Å². The monoisotopic (exact) mass is 381 g/mol. The van der Waals surface area contributed by atoms with E-state index in [-0.39, 0.29) is 23.8 Å². The lowest BCUT2D eigenvalue weighted by atomic mass is 10.2. The van der Waals surface area contributed by atoms with Gasteiger partial charge in [-0.15, -0.1) is 17.9 Å². The van der Waals surface area contributed by atoms with Crippen LogP contribution in [0.3, 0.4) is 0 Å². The van der Waals surface area contributed by atoms with Crippen molar-refractivity contribution in [1.82, 2.24) is 14.9 Å². The van der Waals surface area contributed by atoms with Gasteiger partial charge in [0, 0.05) is 11.4 Å². The quantitative estimate of drug-likeness (QED) is 0.339. The van der Waals surface area contributed by atoms with Crippen LogP contribution in [0.15, 0.2) is 22.6 Å². The van der Waals surface area contributed by atoms with Crippen LogP contribution < -0.4 is 10.9 Å². The summed E-state index contributed by atoms with van der Waals surface area (Å²) >= 11 is 2.61. The number of esters is 1. The van der Waals surface area contributed by atoms with Gasteiger partial charge in [0.2, 0.25) is 5.91 Å². The molecule has 2 rings (SSSR count). The molecule has 1 N–H and O–H groups in total. The summed E-state index contributed by atoms with van der Waals surface area (Å²) in [5.41, 5.74) is 0.798. The first-order valence-electron chi connectivity index (χ1n) is 7.46. The van der Waals surface area contributed by atoms with Crippen molar-refractivity contribution in [3.05, 3.63) is 33.4 Å². The van der Waals surface area contributed by atoms with Crippen LogP contribution >= 0.6 is 23.1 Å². The second kappa shape index (κ2) is 8.30. The Morgan fingerprint density at radius 1 is 1.44 bits per heavy atom. The van der Waals surface area contributed by atoms with E-state index in [1.165, 1.54) is 23.0 Å². The van der Waals surface area contributed by atoms with E-state index >= 15 is 0 Å². The number of methoxy groups -OCH3 is 1. The number of amides is 1. The Hall–Kier alpha value is -2.13. The smallest absolute Gasteiger partial charge is 0.325 e. The van der Waals surface area contributed by atoms with Crippen LogP contribution in [-0.2, 0) is 20.9 Å². The summed E-state index contributed by atoms with van der Waals surface area (Å²) < 4.78 is 5.97. The van der Waals surface area contributed by atoms with Crippen molar-refractivity contribution in [1.29, 1.82) is 0 Å². The Labute approximate surface area is 153 Å². The van der Waals surface area contributed by atoms with Gasteiger partial charge in [0.25, 0.3) is 5.56 Å². The van der Waals surface area contributed by atoms with Crippen LogP contribution in [0.2, 0.25) is 0 Å². The number of rotatable bonds is 7. The minimum Gasteiger partial charge on any atom is -0.468 e. The Bertz CT molecular complexity index is 886. The highest BCUT2D eigenvalue weighted by atomic mass is 32.2. The predicted octanol–water partition coefficient (Wildman–Crippen LogP) is 1.64. The van der Waals surface area contributed by atoms with Gasteiger partial charge in [-0.1, -0.05) is 17.8 Å². The highest BCUT2D eigenvalue weighted by molar-refractivity contribution is 7.99. The third kappa shape index (κ3) is 4.29. The molecule has 2 heterocycles. The minimum absolute atomic E-state index is 0.0371. The maximum atomic E-state index is 12.8. The number of thioether (sulfide) groups is 1. The van der Waals surface area contributed by atoms with Crippen LogP contribution in [-0.4, -0.2) is 40.8 Å². The number of hydrogen-bond acceptors (Lipinski definition) is 7. The van der Waals surface area contributed by atoms with Gasteiger partial charge in [-0.3, -0.25) is 19.0 Å². The number of carbonyl (C=O) groups excluding carboxylic acids is 2. The number of aryl methyl sites for hydroxylation is 2. The Morgan fingerprint density at radius 2 is 2.16 bits per heavy atom. The van der Waals surface area contributed by atoms with E-state index < -0.39 is 5.97 Å². The lowest BCUT2D eigenvalue weighted by Gasteiger charge is -2.10. The second-order valence-corrected chi connectivity index (χ2v) is 7.35. The standard InChI is InChI=1S/C16H19N3O4S2/c1-5-6-19-15(22)13-9(2)10(3)25-14(13)18-16(19)24-8-11(20)17-7-12(21)23-4/h5H,1,6-8H2,2-4H3,(H,17,20). The molecule has 0 radical (unpaired) electrons. The molecule has 0 bridgehead atoms. The van der Waals surface area contributed by atoms with E-state index in [0.29, 0.717) is 21.9 Å². The Balaban J connectivity index is 2.26. The summed E-state index contributed by atoms with van der Waals surface area (Å²) in [6, 6.07) is 0.